The van der Waals surface area contributed by atoms with Crippen LogP contribution in [0.2, 0.25) is 10.0 Å². The van der Waals surface area contributed by atoms with Gasteiger partial charge in [-0.1, -0.05) is 42.1 Å². The normalized spacial score (nSPS) is 28.0. The van der Waals surface area contributed by atoms with E-state index in [1.165, 1.54) is 38.4 Å². The van der Waals surface area contributed by atoms with Crippen LogP contribution >= 0.6 is 23.2 Å². The van der Waals surface area contributed by atoms with E-state index >= 15 is 0 Å². The van der Waals surface area contributed by atoms with Gasteiger partial charge in [-0.2, -0.15) is 0 Å². The molecule has 0 aromatic heterocycles. The Labute approximate surface area is 154 Å². The summed E-state index contributed by atoms with van der Waals surface area (Å²) in [6.45, 7) is 0. The van der Waals surface area contributed by atoms with Crippen molar-refractivity contribution in [1.29, 1.82) is 0 Å². The van der Waals surface area contributed by atoms with Crippen molar-refractivity contribution in [3.8, 4) is 0 Å². The smallest absolute Gasteiger partial charge is 0.306 e. The lowest BCUT2D eigenvalue weighted by atomic mass is 9.60. The first-order valence-corrected chi connectivity index (χ1v) is 9.81. The highest BCUT2D eigenvalue weighted by atomic mass is 35.5. The van der Waals surface area contributed by atoms with Crippen LogP contribution in [0.25, 0.3) is 0 Å². The maximum atomic E-state index is 12.0. The highest BCUT2D eigenvalue weighted by molar-refractivity contribution is 6.42. The molecule has 0 aliphatic heterocycles. The monoisotopic (exact) mass is 368 g/mol. The van der Waals surface area contributed by atoms with Crippen LogP contribution in [0.1, 0.15) is 69.3 Å². The molecule has 0 spiro atoms. The zero-order chi connectivity index (χ0) is 17.2. The molecule has 2 saturated carbocycles. The van der Waals surface area contributed by atoms with Crippen molar-refractivity contribution in [2.45, 2.75) is 63.7 Å². The van der Waals surface area contributed by atoms with Gasteiger partial charge in [0.1, 0.15) is 0 Å². The average Bonchev–Trinajstić information content (AvgIpc) is 3.13. The summed E-state index contributed by atoms with van der Waals surface area (Å²) in [5.41, 5.74) is 1.43. The summed E-state index contributed by atoms with van der Waals surface area (Å²) in [4.78, 5) is 12.0. The lowest BCUT2D eigenvalue weighted by Crippen LogP contribution is -2.36. The second kappa shape index (κ2) is 7.66. The Kier molecular flexibility index (Phi) is 5.77. The standard InChI is InChI=1S/C20H26Cl2O2/c1-24-19(23)13-20(16-4-2-3-5-16)10-8-14(9-11-20)15-6-7-17(21)18(22)12-15/h6-7,12,14,16H,2-5,8-11,13H2,1H3. The molecule has 0 bridgehead atoms. The van der Waals surface area contributed by atoms with Crippen LogP contribution in [0.3, 0.4) is 0 Å². The van der Waals surface area contributed by atoms with Crippen molar-refractivity contribution in [1.82, 2.24) is 0 Å². The Morgan fingerprint density at radius 2 is 1.79 bits per heavy atom. The summed E-state index contributed by atoms with van der Waals surface area (Å²) in [5.74, 6) is 1.16. The maximum Gasteiger partial charge on any atom is 0.306 e. The lowest BCUT2D eigenvalue weighted by molar-refractivity contribution is -0.145. The molecule has 2 fully saturated rings. The van der Waals surface area contributed by atoms with Crippen LogP contribution in [-0.4, -0.2) is 13.1 Å². The number of ether oxygens (including phenoxy) is 1. The van der Waals surface area contributed by atoms with Crippen LogP contribution in [-0.2, 0) is 9.53 Å². The summed E-state index contributed by atoms with van der Waals surface area (Å²) in [6.07, 6.45) is 10.2. The zero-order valence-corrected chi connectivity index (χ0v) is 15.8. The molecule has 0 N–H and O–H groups in total. The van der Waals surface area contributed by atoms with Crippen molar-refractivity contribution < 1.29 is 9.53 Å². The molecule has 1 aromatic carbocycles. The highest BCUT2D eigenvalue weighted by Crippen LogP contribution is 2.54. The van der Waals surface area contributed by atoms with Crippen LogP contribution in [0.5, 0.6) is 0 Å². The quantitative estimate of drug-likeness (QED) is 0.575. The van der Waals surface area contributed by atoms with Crippen LogP contribution < -0.4 is 0 Å². The molecule has 2 nitrogen and oxygen atoms in total. The Hall–Kier alpha value is -0.730. The van der Waals surface area contributed by atoms with Crippen molar-refractivity contribution >= 4 is 29.2 Å². The van der Waals surface area contributed by atoms with Gasteiger partial charge in [0, 0.05) is 0 Å². The van der Waals surface area contributed by atoms with Crippen molar-refractivity contribution in [2.24, 2.45) is 11.3 Å². The van der Waals surface area contributed by atoms with Gasteiger partial charge in [0.2, 0.25) is 0 Å². The van der Waals surface area contributed by atoms with Crippen molar-refractivity contribution in [3.05, 3.63) is 33.8 Å². The Balaban J connectivity index is 1.73. The average molecular weight is 369 g/mol. The van der Waals surface area contributed by atoms with Gasteiger partial charge in [0.25, 0.3) is 0 Å². The molecule has 2 aliphatic rings. The van der Waals surface area contributed by atoms with Gasteiger partial charge in [0.15, 0.2) is 0 Å². The van der Waals surface area contributed by atoms with E-state index in [2.05, 4.69) is 6.07 Å². The van der Waals surface area contributed by atoms with E-state index in [0.29, 0.717) is 28.3 Å². The van der Waals surface area contributed by atoms with Gasteiger partial charge >= 0.3 is 5.97 Å². The van der Waals surface area contributed by atoms with Gasteiger partial charge in [-0.15, -0.1) is 0 Å². The minimum atomic E-state index is -0.0464. The Morgan fingerprint density at radius 1 is 1.12 bits per heavy atom. The molecule has 0 unspecified atom stereocenters. The number of hydrogen-bond donors (Lipinski definition) is 0. The van der Waals surface area contributed by atoms with E-state index in [1.807, 2.05) is 12.1 Å². The van der Waals surface area contributed by atoms with Gasteiger partial charge in [0.05, 0.1) is 23.6 Å². The minimum Gasteiger partial charge on any atom is -0.469 e. The molecule has 4 heteroatoms. The number of rotatable bonds is 4. The fraction of sp³-hybridized carbons (Fsp3) is 0.650. The number of carbonyl (C=O) groups is 1. The van der Waals surface area contributed by atoms with Gasteiger partial charge in [-0.3, -0.25) is 4.79 Å². The summed E-state index contributed by atoms with van der Waals surface area (Å²) in [6, 6.07) is 6.01. The summed E-state index contributed by atoms with van der Waals surface area (Å²) >= 11 is 12.2. The van der Waals surface area contributed by atoms with E-state index in [4.69, 9.17) is 27.9 Å². The Morgan fingerprint density at radius 3 is 2.38 bits per heavy atom. The first-order valence-electron chi connectivity index (χ1n) is 9.06. The number of halogens is 2. The molecule has 2 aliphatic carbocycles. The Bertz CT molecular complexity index is 585. The fourth-order valence-electron chi connectivity index (χ4n) is 4.92. The fourth-order valence-corrected chi connectivity index (χ4v) is 5.23. The molecule has 0 saturated heterocycles. The topological polar surface area (TPSA) is 26.3 Å². The first kappa shape index (κ1) is 18.1. The van der Waals surface area contributed by atoms with E-state index in [0.717, 1.165) is 25.7 Å². The van der Waals surface area contributed by atoms with E-state index in [1.54, 1.807) is 0 Å². The molecular formula is C20H26Cl2O2. The van der Waals surface area contributed by atoms with E-state index < -0.39 is 0 Å². The summed E-state index contributed by atoms with van der Waals surface area (Å²) < 4.78 is 5.01. The predicted octanol–water partition coefficient (Wildman–Crippen LogP) is 6.39. The third-order valence-corrected chi connectivity index (χ3v) is 7.08. The maximum absolute atomic E-state index is 12.0. The number of methoxy groups -OCH3 is 1. The molecule has 3 rings (SSSR count). The number of benzene rings is 1. The van der Waals surface area contributed by atoms with Crippen molar-refractivity contribution in [3.63, 3.8) is 0 Å². The van der Waals surface area contributed by atoms with Crippen LogP contribution in [0, 0.1) is 11.3 Å². The van der Waals surface area contributed by atoms with Gasteiger partial charge < -0.3 is 4.74 Å². The van der Waals surface area contributed by atoms with Gasteiger partial charge in [-0.05, 0) is 73.5 Å². The second-order valence-electron chi connectivity index (χ2n) is 7.54. The number of carbonyl (C=O) groups excluding carboxylic acids is 1. The molecule has 132 valence electrons. The molecule has 0 heterocycles. The lowest BCUT2D eigenvalue weighted by Gasteiger charge is -2.44. The number of esters is 1. The third kappa shape index (κ3) is 3.75. The minimum absolute atomic E-state index is 0.0464. The highest BCUT2D eigenvalue weighted by Gasteiger charge is 2.44. The molecule has 0 radical (unpaired) electrons. The SMILES string of the molecule is COC(=O)CC1(C2CCCC2)CCC(c2ccc(Cl)c(Cl)c2)CC1. The molecule has 1 aromatic rings. The number of hydrogen-bond acceptors (Lipinski definition) is 2. The van der Waals surface area contributed by atoms with Crippen LogP contribution in [0.15, 0.2) is 18.2 Å². The van der Waals surface area contributed by atoms with Gasteiger partial charge in [-0.25, -0.2) is 0 Å². The molecular weight excluding hydrogens is 343 g/mol. The predicted molar refractivity (Wildman–Crippen MR) is 98.7 cm³/mol. The largest absolute Gasteiger partial charge is 0.469 e. The zero-order valence-electron chi connectivity index (χ0n) is 14.3. The van der Waals surface area contributed by atoms with E-state index in [9.17, 15) is 4.79 Å². The third-order valence-electron chi connectivity index (χ3n) is 6.34. The first-order chi connectivity index (χ1) is 11.5. The van der Waals surface area contributed by atoms with Crippen molar-refractivity contribution in [2.75, 3.05) is 7.11 Å². The summed E-state index contributed by atoms with van der Waals surface area (Å²) in [7, 11) is 1.51. The molecule has 0 amide bonds. The molecule has 24 heavy (non-hydrogen) atoms. The second-order valence-corrected chi connectivity index (χ2v) is 8.36. The summed E-state index contributed by atoms with van der Waals surface area (Å²) in [5, 5.41) is 1.25. The van der Waals surface area contributed by atoms with Crippen LogP contribution in [0.4, 0.5) is 0 Å². The molecule has 0 atom stereocenters. The van der Waals surface area contributed by atoms with E-state index in [-0.39, 0.29) is 11.4 Å².